The largest absolute Gasteiger partial charge is 0.383 e. The summed E-state index contributed by atoms with van der Waals surface area (Å²) in [6, 6.07) is 0. The molecule has 2 N–H and O–H groups in total. The van der Waals surface area contributed by atoms with Crippen molar-refractivity contribution in [1.29, 1.82) is 0 Å². The van der Waals surface area contributed by atoms with Crippen molar-refractivity contribution in [2.24, 2.45) is 7.05 Å². The Kier molecular flexibility index (Phi) is 6.40. The van der Waals surface area contributed by atoms with Gasteiger partial charge in [0.05, 0.1) is 12.9 Å². The summed E-state index contributed by atoms with van der Waals surface area (Å²) >= 11 is 5.81. The summed E-state index contributed by atoms with van der Waals surface area (Å²) in [6.45, 7) is 0.753. The Hall–Kier alpha value is -1.16. The van der Waals surface area contributed by atoms with Gasteiger partial charge in [-0.25, -0.2) is 18.1 Å². The highest BCUT2D eigenvalue weighted by Crippen LogP contribution is 2.17. The van der Waals surface area contributed by atoms with Crippen LogP contribution in [-0.2, 0) is 26.6 Å². The van der Waals surface area contributed by atoms with Crippen molar-refractivity contribution in [1.82, 2.24) is 19.6 Å². The first-order valence-electron chi connectivity index (χ1n) is 5.80. The zero-order chi connectivity index (χ0) is 15.2. The molecule has 1 rings (SSSR count). The number of aromatic nitrogens is 2. The maximum Gasteiger partial charge on any atom is 0.261 e. The summed E-state index contributed by atoms with van der Waals surface area (Å²) in [5.74, 6) is -0.267. The van der Waals surface area contributed by atoms with Gasteiger partial charge in [-0.3, -0.25) is 4.79 Å². The molecule has 10 heteroatoms. The molecule has 1 aromatic heterocycles. The molecule has 0 aliphatic heterocycles. The van der Waals surface area contributed by atoms with E-state index in [1.54, 1.807) is 7.05 Å². The molecule has 1 aromatic rings. The lowest BCUT2D eigenvalue weighted by Crippen LogP contribution is -2.32. The third kappa shape index (κ3) is 4.75. The topological polar surface area (TPSA) is 102 Å². The van der Waals surface area contributed by atoms with Crippen molar-refractivity contribution in [2.75, 3.05) is 26.8 Å². The minimum atomic E-state index is -3.81. The van der Waals surface area contributed by atoms with E-state index in [2.05, 4.69) is 15.0 Å². The minimum absolute atomic E-state index is 0.0158. The summed E-state index contributed by atoms with van der Waals surface area (Å²) in [6.07, 6.45) is 1.32. The van der Waals surface area contributed by atoms with Gasteiger partial charge in [0.1, 0.15) is 5.15 Å². The third-order valence-corrected chi connectivity index (χ3v) is 4.31. The Morgan fingerprint density at radius 1 is 1.50 bits per heavy atom. The standard InChI is InChI=1S/C10H17ClN4O4S/c1-15-7-13-10(9(15)11)20(17,18)14-4-3-8(16)12-5-6-19-2/h7,14H,3-6H2,1-2H3,(H,12,16). The fourth-order valence-electron chi connectivity index (χ4n) is 1.32. The summed E-state index contributed by atoms with van der Waals surface area (Å²) in [5, 5.41) is 2.35. The number of carbonyl (C=O) groups is 1. The molecule has 0 atom stereocenters. The molecule has 20 heavy (non-hydrogen) atoms. The number of hydrogen-bond acceptors (Lipinski definition) is 5. The van der Waals surface area contributed by atoms with Gasteiger partial charge in [-0.15, -0.1) is 0 Å². The lowest BCUT2D eigenvalue weighted by molar-refractivity contribution is -0.121. The number of ether oxygens (including phenoxy) is 1. The second kappa shape index (κ2) is 7.58. The second-order valence-corrected chi connectivity index (χ2v) is 5.98. The fraction of sp³-hybridized carbons (Fsp3) is 0.600. The van der Waals surface area contributed by atoms with Crippen LogP contribution in [0.5, 0.6) is 0 Å². The zero-order valence-corrected chi connectivity index (χ0v) is 12.8. The van der Waals surface area contributed by atoms with E-state index in [9.17, 15) is 13.2 Å². The number of halogens is 1. The van der Waals surface area contributed by atoms with E-state index in [-0.39, 0.29) is 29.1 Å². The summed E-state index contributed by atoms with van der Waals surface area (Å²) in [4.78, 5) is 15.1. The number of imidazole rings is 1. The molecule has 0 spiro atoms. The van der Waals surface area contributed by atoms with E-state index in [1.807, 2.05) is 0 Å². The molecule has 0 bridgehead atoms. The van der Waals surface area contributed by atoms with Gasteiger partial charge in [0.25, 0.3) is 10.0 Å². The molecule has 8 nitrogen and oxygen atoms in total. The predicted octanol–water partition coefficient (Wildman–Crippen LogP) is -0.495. The summed E-state index contributed by atoms with van der Waals surface area (Å²) < 4.78 is 32.2. The molecule has 0 saturated heterocycles. The average molecular weight is 325 g/mol. The van der Waals surface area contributed by atoms with Gasteiger partial charge in [0, 0.05) is 33.7 Å². The maximum absolute atomic E-state index is 11.9. The van der Waals surface area contributed by atoms with Crippen LogP contribution in [0, 0.1) is 0 Å². The highest BCUT2D eigenvalue weighted by molar-refractivity contribution is 7.89. The summed E-state index contributed by atoms with van der Waals surface area (Å²) in [7, 11) is -0.704. The van der Waals surface area contributed by atoms with Crippen LogP contribution in [0.4, 0.5) is 0 Å². The lowest BCUT2D eigenvalue weighted by atomic mass is 10.4. The molecular formula is C10H17ClN4O4S. The first kappa shape index (κ1) is 16.9. The molecule has 0 unspecified atom stereocenters. The average Bonchev–Trinajstić information content (AvgIpc) is 2.71. The number of nitrogens with one attached hydrogen (secondary N) is 2. The first-order chi connectivity index (χ1) is 9.38. The predicted molar refractivity (Wildman–Crippen MR) is 72.9 cm³/mol. The van der Waals surface area contributed by atoms with E-state index in [0.29, 0.717) is 13.2 Å². The molecule has 0 radical (unpaired) electrons. The van der Waals surface area contributed by atoms with Gasteiger partial charge < -0.3 is 14.6 Å². The van der Waals surface area contributed by atoms with Crippen LogP contribution in [0.1, 0.15) is 6.42 Å². The Balaban J connectivity index is 2.45. The Bertz CT molecular complexity index is 558. The van der Waals surface area contributed by atoms with Gasteiger partial charge in [-0.1, -0.05) is 11.6 Å². The molecule has 114 valence electrons. The van der Waals surface area contributed by atoms with Crippen LogP contribution in [0.2, 0.25) is 5.15 Å². The molecule has 0 aliphatic carbocycles. The van der Waals surface area contributed by atoms with E-state index in [0.717, 1.165) is 0 Å². The van der Waals surface area contributed by atoms with Crippen molar-refractivity contribution in [3.05, 3.63) is 11.5 Å². The molecular weight excluding hydrogens is 308 g/mol. The SMILES string of the molecule is COCCNC(=O)CCNS(=O)(=O)c1ncn(C)c1Cl. The van der Waals surface area contributed by atoms with Crippen LogP contribution in [0.15, 0.2) is 11.4 Å². The molecule has 1 heterocycles. The van der Waals surface area contributed by atoms with Gasteiger partial charge in [-0.2, -0.15) is 0 Å². The number of methoxy groups -OCH3 is 1. The van der Waals surface area contributed by atoms with E-state index in [4.69, 9.17) is 16.3 Å². The van der Waals surface area contributed by atoms with E-state index in [1.165, 1.54) is 18.0 Å². The number of aryl methyl sites for hydroxylation is 1. The van der Waals surface area contributed by atoms with Gasteiger partial charge in [-0.05, 0) is 0 Å². The lowest BCUT2D eigenvalue weighted by Gasteiger charge is -2.06. The highest BCUT2D eigenvalue weighted by atomic mass is 35.5. The number of amides is 1. The molecule has 0 saturated carbocycles. The Labute approximate surface area is 122 Å². The Morgan fingerprint density at radius 3 is 2.75 bits per heavy atom. The van der Waals surface area contributed by atoms with E-state index < -0.39 is 10.0 Å². The number of nitrogens with zero attached hydrogens (tertiary/aromatic N) is 2. The smallest absolute Gasteiger partial charge is 0.261 e. The van der Waals surface area contributed by atoms with Crippen molar-refractivity contribution in [3.63, 3.8) is 0 Å². The van der Waals surface area contributed by atoms with Gasteiger partial charge >= 0.3 is 0 Å². The Morgan fingerprint density at radius 2 is 2.20 bits per heavy atom. The fourth-order valence-corrected chi connectivity index (χ4v) is 2.78. The van der Waals surface area contributed by atoms with Crippen molar-refractivity contribution < 1.29 is 17.9 Å². The number of rotatable bonds is 8. The molecule has 1 amide bonds. The first-order valence-corrected chi connectivity index (χ1v) is 7.66. The molecule has 0 fully saturated rings. The minimum Gasteiger partial charge on any atom is -0.383 e. The third-order valence-electron chi connectivity index (χ3n) is 2.36. The van der Waals surface area contributed by atoms with Crippen LogP contribution >= 0.6 is 11.6 Å². The number of sulfonamides is 1. The van der Waals surface area contributed by atoms with Crippen molar-refractivity contribution in [2.45, 2.75) is 11.4 Å². The second-order valence-electron chi connectivity index (χ2n) is 3.94. The van der Waals surface area contributed by atoms with Crippen LogP contribution in [-0.4, -0.2) is 50.7 Å². The summed E-state index contributed by atoms with van der Waals surface area (Å²) in [5.41, 5.74) is 0. The number of carbonyl (C=O) groups excluding carboxylic acids is 1. The van der Waals surface area contributed by atoms with Crippen LogP contribution in [0.3, 0.4) is 0 Å². The van der Waals surface area contributed by atoms with Crippen molar-refractivity contribution in [3.8, 4) is 0 Å². The van der Waals surface area contributed by atoms with Crippen LogP contribution < -0.4 is 10.0 Å². The molecule has 0 aliphatic rings. The van der Waals surface area contributed by atoms with Gasteiger partial charge in [0.2, 0.25) is 10.9 Å². The quantitative estimate of drug-likeness (QED) is 0.628. The monoisotopic (exact) mass is 324 g/mol. The van der Waals surface area contributed by atoms with Crippen LogP contribution in [0.25, 0.3) is 0 Å². The number of hydrogen-bond donors (Lipinski definition) is 2. The maximum atomic E-state index is 11.9. The van der Waals surface area contributed by atoms with E-state index >= 15 is 0 Å². The normalized spacial score (nSPS) is 11.6. The van der Waals surface area contributed by atoms with Crippen molar-refractivity contribution >= 4 is 27.5 Å². The highest BCUT2D eigenvalue weighted by Gasteiger charge is 2.21. The van der Waals surface area contributed by atoms with Gasteiger partial charge in [0.15, 0.2) is 0 Å². The zero-order valence-electron chi connectivity index (χ0n) is 11.2. The molecule has 0 aromatic carbocycles.